The summed E-state index contributed by atoms with van der Waals surface area (Å²) in [4.78, 5) is 17.5. The van der Waals surface area contributed by atoms with Crippen molar-refractivity contribution >= 4 is 12.0 Å². The van der Waals surface area contributed by atoms with E-state index in [-0.39, 0.29) is 17.8 Å². The normalized spacial score (nSPS) is 20.5. The maximum atomic E-state index is 13.4. The van der Waals surface area contributed by atoms with E-state index in [4.69, 9.17) is 0 Å². The Kier molecular flexibility index (Phi) is 7.55. The maximum absolute atomic E-state index is 13.4. The van der Waals surface area contributed by atoms with Gasteiger partial charge >= 0.3 is 0 Å². The largest absolute Gasteiger partial charge is 0.336 e. The highest BCUT2D eigenvalue weighted by Gasteiger charge is 2.32. The Morgan fingerprint density at radius 2 is 1.83 bits per heavy atom. The maximum Gasteiger partial charge on any atom is 0.280 e. The number of benzene rings is 2. The third-order valence-corrected chi connectivity index (χ3v) is 5.78. The highest BCUT2D eigenvalue weighted by molar-refractivity contribution is 5.79. The molecule has 2 aromatic carbocycles. The van der Waals surface area contributed by atoms with Gasteiger partial charge in [0.2, 0.25) is 0 Å². The number of amides is 1. The monoisotopic (exact) mass is 397 g/mol. The van der Waals surface area contributed by atoms with Crippen LogP contribution in [-0.2, 0) is 11.3 Å². The van der Waals surface area contributed by atoms with Crippen LogP contribution < -0.4 is 9.80 Å². The molecule has 1 aliphatic rings. The third-order valence-electron chi connectivity index (χ3n) is 5.78. The van der Waals surface area contributed by atoms with Crippen molar-refractivity contribution in [1.82, 2.24) is 4.90 Å². The summed E-state index contributed by atoms with van der Waals surface area (Å²) in [5.41, 5.74) is 2.05. The standard InChI is InChI=1S/C24H30FN3O/c1-20(24(29)26(2)19-22-10-6-12-23(25)18-22)28-16-14-27(15-17-28)13-7-11-21-8-4-3-5-9-21/h3-12,18,20H,13-17,19H2,1-2H3/p+2/b11-7+/t20-/m0/s1. The molecule has 1 aliphatic heterocycles. The quantitative estimate of drug-likeness (QED) is 0.707. The molecule has 0 aliphatic carbocycles. The molecule has 29 heavy (non-hydrogen) atoms. The molecule has 4 nitrogen and oxygen atoms in total. The molecule has 0 radical (unpaired) electrons. The van der Waals surface area contributed by atoms with Crippen LogP contribution in [0.1, 0.15) is 18.1 Å². The van der Waals surface area contributed by atoms with E-state index in [1.54, 1.807) is 22.9 Å². The van der Waals surface area contributed by atoms with E-state index < -0.39 is 0 Å². The molecule has 154 valence electrons. The molecular formula is C24H32FN3O+2. The smallest absolute Gasteiger partial charge is 0.280 e. The average Bonchev–Trinajstić information content (AvgIpc) is 2.74. The molecule has 1 heterocycles. The van der Waals surface area contributed by atoms with E-state index in [1.807, 2.05) is 19.1 Å². The van der Waals surface area contributed by atoms with Crippen LogP contribution in [0.2, 0.25) is 0 Å². The number of nitrogens with one attached hydrogen (secondary N) is 2. The van der Waals surface area contributed by atoms with Gasteiger partial charge in [0.15, 0.2) is 6.04 Å². The van der Waals surface area contributed by atoms with Crippen LogP contribution in [0.25, 0.3) is 6.08 Å². The Hall–Kier alpha value is -2.50. The van der Waals surface area contributed by atoms with Gasteiger partial charge in [-0.2, -0.15) is 0 Å². The van der Waals surface area contributed by atoms with E-state index in [0.717, 1.165) is 38.3 Å². The Bertz CT molecular complexity index is 816. The summed E-state index contributed by atoms with van der Waals surface area (Å²) in [5.74, 6) is -0.140. The third kappa shape index (κ3) is 6.24. The second kappa shape index (κ2) is 10.3. The van der Waals surface area contributed by atoms with Crippen LogP contribution >= 0.6 is 0 Å². The summed E-state index contributed by atoms with van der Waals surface area (Å²) in [6, 6.07) is 16.8. The molecule has 0 bridgehead atoms. The molecule has 0 aromatic heterocycles. The van der Waals surface area contributed by atoms with E-state index in [2.05, 4.69) is 36.4 Å². The van der Waals surface area contributed by atoms with Gasteiger partial charge in [0, 0.05) is 13.6 Å². The Morgan fingerprint density at radius 3 is 2.52 bits per heavy atom. The van der Waals surface area contributed by atoms with Gasteiger partial charge in [0.25, 0.3) is 5.91 Å². The number of nitrogens with zero attached hydrogens (tertiary/aromatic N) is 1. The number of quaternary nitrogens is 2. The minimum atomic E-state index is -0.262. The fourth-order valence-corrected chi connectivity index (χ4v) is 3.98. The predicted molar refractivity (Wildman–Crippen MR) is 114 cm³/mol. The Morgan fingerprint density at radius 1 is 1.10 bits per heavy atom. The van der Waals surface area contributed by atoms with Gasteiger partial charge in [-0.15, -0.1) is 0 Å². The minimum Gasteiger partial charge on any atom is -0.336 e. The van der Waals surface area contributed by atoms with Gasteiger partial charge < -0.3 is 14.7 Å². The van der Waals surface area contributed by atoms with Crippen molar-refractivity contribution in [3.63, 3.8) is 0 Å². The fourth-order valence-electron chi connectivity index (χ4n) is 3.98. The second-order valence-electron chi connectivity index (χ2n) is 7.97. The van der Waals surface area contributed by atoms with Gasteiger partial charge in [0.05, 0.1) is 6.54 Å². The van der Waals surface area contributed by atoms with Crippen LogP contribution in [0.5, 0.6) is 0 Å². The van der Waals surface area contributed by atoms with Gasteiger partial charge in [-0.05, 0) is 36.3 Å². The molecular weight excluding hydrogens is 365 g/mol. The highest BCUT2D eigenvalue weighted by Crippen LogP contribution is 2.07. The minimum absolute atomic E-state index is 0.0741. The zero-order chi connectivity index (χ0) is 20.6. The van der Waals surface area contributed by atoms with E-state index >= 15 is 0 Å². The highest BCUT2D eigenvalue weighted by atomic mass is 19.1. The van der Waals surface area contributed by atoms with Crippen molar-refractivity contribution in [3.05, 3.63) is 77.6 Å². The predicted octanol–water partition coefficient (Wildman–Crippen LogP) is 0.669. The van der Waals surface area contributed by atoms with Crippen LogP contribution in [0.4, 0.5) is 4.39 Å². The van der Waals surface area contributed by atoms with E-state index in [1.165, 1.54) is 22.6 Å². The van der Waals surface area contributed by atoms with Gasteiger partial charge in [-0.1, -0.05) is 48.5 Å². The van der Waals surface area contributed by atoms with Crippen LogP contribution in [0.15, 0.2) is 60.7 Å². The summed E-state index contributed by atoms with van der Waals surface area (Å²) in [5, 5.41) is 0. The topological polar surface area (TPSA) is 29.2 Å². The lowest BCUT2D eigenvalue weighted by Gasteiger charge is -2.33. The van der Waals surface area contributed by atoms with Crippen molar-refractivity contribution in [2.24, 2.45) is 0 Å². The summed E-state index contributed by atoms with van der Waals surface area (Å²) in [6.07, 6.45) is 4.43. The number of likely N-dealkylation sites (N-methyl/N-ethyl adjacent to an activating group) is 1. The van der Waals surface area contributed by atoms with Crippen molar-refractivity contribution in [3.8, 4) is 0 Å². The number of halogens is 1. The fraction of sp³-hybridized carbons (Fsp3) is 0.375. The molecule has 0 unspecified atom stereocenters. The SMILES string of the molecule is C[C@@H](C(=O)N(C)Cc1cccc(F)c1)[NH+]1CC[NH+](C/C=C/c2ccccc2)CC1. The van der Waals surface area contributed by atoms with Crippen molar-refractivity contribution in [1.29, 1.82) is 0 Å². The first-order valence-corrected chi connectivity index (χ1v) is 10.4. The van der Waals surface area contributed by atoms with Gasteiger partial charge in [-0.25, -0.2) is 4.39 Å². The first-order chi connectivity index (χ1) is 14.0. The zero-order valence-corrected chi connectivity index (χ0v) is 17.4. The van der Waals surface area contributed by atoms with Crippen LogP contribution in [0.3, 0.4) is 0 Å². The molecule has 5 heteroatoms. The van der Waals surface area contributed by atoms with Crippen LogP contribution in [-0.4, -0.2) is 56.6 Å². The molecule has 2 N–H and O–H groups in total. The lowest BCUT2D eigenvalue weighted by atomic mass is 10.1. The molecule has 3 rings (SSSR count). The van der Waals surface area contributed by atoms with Crippen molar-refractivity contribution in [2.45, 2.75) is 19.5 Å². The number of carbonyl (C=O) groups is 1. The van der Waals surface area contributed by atoms with E-state index in [0.29, 0.717) is 6.54 Å². The van der Waals surface area contributed by atoms with Crippen LogP contribution in [0, 0.1) is 5.82 Å². The van der Waals surface area contributed by atoms with Gasteiger partial charge in [-0.3, -0.25) is 4.79 Å². The lowest BCUT2D eigenvalue weighted by Crippen LogP contribution is -3.30. The second-order valence-corrected chi connectivity index (χ2v) is 7.97. The number of hydrogen-bond acceptors (Lipinski definition) is 1. The van der Waals surface area contributed by atoms with E-state index in [9.17, 15) is 9.18 Å². The number of hydrogen-bond donors (Lipinski definition) is 2. The summed E-state index contributed by atoms with van der Waals surface area (Å²) >= 11 is 0. The molecule has 1 amide bonds. The number of piperazine rings is 1. The molecule has 0 spiro atoms. The molecule has 1 fully saturated rings. The van der Waals surface area contributed by atoms with Crippen molar-refractivity contribution in [2.75, 3.05) is 39.8 Å². The van der Waals surface area contributed by atoms with Gasteiger partial charge in [0.1, 0.15) is 32.0 Å². The first-order valence-electron chi connectivity index (χ1n) is 10.4. The molecule has 1 saturated heterocycles. The van der Waals surface area contributed by atoms with Crippen molar-refractivity contribution < 1.29 is 19.0 Å². The Labute approximate surface area is 173 Å². The average molecular weight is 398 g/mol. The summed E-state index contributed by atoms with van der Waals surface area (Å²) in [6.45, 7) is 7.60. The zero-order valence-electron chi connectivity index (χ0n) is 17.4. The summed E-state index contributed by atoms with van der Waals surface area (Å²) < 4.78 is 13.4. The number of carbonyl (C=O) groups excluding carboxylic acids is 1. The molecule has 1 atom stereocenters. The molecule has 2 aromatic rings. The number of rotatable bonds is 7. The lowest BCUT2D eigenvalue weighted by molar-refractivity contribution is -1.02. The Balaban J connectivity index is 1.44. The summed E-state index contributed by atoms with van der Waals surface area (Å²) in [7, 11) is 1.80. The first kappa shape index (κ1) is 21.2. The molecule has 0 saturated carbocycles.